The van der Waals surface area contributed by atoms with Gasteiger partial charge in [-0.2, -0.15) is 0 Å². The van der Waals surface area contributed by atoms with Gasteiger partial charge in [-0.05, 0) is 36.6 Å². The van der Waals surface area contributed by atoms with E-state index in [-0.39, 0.29) is 16.8 Å². The summed E-state index contributed by atoms with van der Waals surface area (Å²) in [6.07, 6.45) is 0. The van der Waals surface area contributed by atoms with Crippen molar-refractivity contribution in [1.82, 2.24) is 0 Å². The van der Waals surface area contributed by atoms with Gasteiger partial charge in [-0.25, -0.2) is 4.39 Å². The lowest BCUT2D eigenvalue weighted by molar-refractivity contribution is 0.101. The highest BCUT2D eigenvalue weighted by atomic mass is 19.1. The van der Waals surface area contributed by atoms with Gasteiger partial charge in [0.1, 0.15) is 17.3 Å². The van der Waals surface area contributed by atoms with E-state index < -0.39 is 5.82 Å². The van der Waals surface area contributed by atoms with Crippen LogP contribution in [0.3, 0.4) is 0 Å². The van der Waals surface area contributed by atoms with Gasteiger partial charge in [-0.3, -0.25) is 4.79 Å². The Labute approximate surface area is 124 Å². The molecule has 2 nitrogen and oxygen atoms in total. The number of hydrogen-bond acceptors (Lipinski definition) is 2. The molecular weight excluding hydrogens is 267 g/mol. The number of Topliss-reactive ketones (excluding diaryl/α,β-unsaturated/α-hetero) is 1. The van der Waals surface area contributed by atoms with E-state index in [1.165, 1.54) is 25.1 Å². The molecule has 0 atom stereocenters. The fourth-order valence-electron chi connectivity index (χ4n) is 2.16. The van der Waals surface area contributed by atoms with Crippen LogP contribution in [-0.4, -0.2) is 5.78 Å². The molecule has 0 spiro atoms. The molecule has 21 heavy (non-hydrogen) atoms. The molecule has 0 bridgehead atoms. The molecule has 0 saturated heterocycles. The van der Waals surface area contributed by atoms with Gasteiger partial charge in [-0.15, -0.1) is 0 Å². The molecule has 0 unspecified atom stereocenters. The first-order chi connectivity index (χ1) is 9.79. The molecule has 0 aliphatic heterocycles. The number of para-hydroxylation sites is 1. The van der Waals surface area contributed by atoms with Crippen LogP contribution in [0.1, 0.15) is 43.6 Å². The zero-order valence-electron chi connectivity index (χ0n) is 12.7. The fourth-order valence-corrected chi connectivity index (χ4v) is 2.16. The topological polar surface area (TPSA) is 26.3 Å². The number of hydrogen-bond donors (Lipinski definition) is 0. The lowest BCUT2D eigenvalue weighted by atomic mass is 9.86. The third-order valence-electron chi connectivity index (χ3n) is 3.24. The first-order valence-corrected chi connectivity index (χ1v) is 6.87. The van der Waals surface area contributed by atoms with Crippen LogP contribution in [0.25, 0.3) is 0 Å². The molecule has 0 fully saturated rings. The first-order valence-electron chi connectivity index (χ1n) is 6.87. The van der Waals surface area contributed by atoms with Crippen LogP contribution < -0.4 is 4.74 Å². The Bertz CT molecular complexity index is 669. The van der Waals surface area contributed by atoms with Crippen LogP contribution in [0.2, 0.25) is 0 Å². The van der Waals surface area contributed by atoms with Crippen molar-refractivity contribution in [3.05, 3.63) is 59.4 Å². The van der Waals surface area contributed by atoms with Crippen LogP contribution in [0.4, 0.5) is 4.39 Å². The Balaban J connectivity index is 2.47. The maximum atomic E-state index is 13.3. The Kier molecular flexibility index (Phi) is 4.12. The maximum Gasteiger partial charge on any atom is 0.163 e. The molecule has 2 aromatic carbocycles. The van der Waals surface area contributed by atoms with E-state index in [1.807, 2.05) is 24.3 Å². The summed E-state index contributed by atoms with van der Waals surface area (Å²) in [4.78, 5) is 11.6. The zero-order chi connectivity index (χ0) is 15.6. The predicted octanol–water partition coefficient (Wildman–Crippen LogP) is 5.12. The number of ether oxygens (including phenoxy) is 1. The van der Waals surface area contributed by atoms with Crippen molar-refractivity contribution in [2.75, 3.05) is 0 Å². The summed E-state index contributed by atoms with van der Waals surface area (Å²) in [5, 5.41) is 0. The van der Waals surface area contributed by atoms with Crippen molar-refractivity contribution in [2.24, 2.45) is 0 Å². The van der Waals surface area contributed by atoms with Gasteiger partial charge in [0.05, 0.1) is 5.56 Å². The highest BCUT2D eigenvalue weighted by Gasteiger charge is 2.20. The molecule has 2 rings (SSSR count). The van der Waals surface area contributed by atoms with Gasteiger partial charge in [-0.1, -0.05) is 39.0 Å². The van der Waals surface area contributed by atoms with Crippen LogP contribution in [0.15, 0.2) is 42.5 Å². The Morgan fingerprint density at radius 3 is 2.33 bits per heavy atom. The second-order valence-corrected chi connectivity index (χ2v) is 6.04. The molecule has 0 aliphatic rings. The fraction of sp³-hybridized carbons (Fsp3) is 0.278. The number of carbonyl (C=O) groups excluding carboxylic acids is 1. The number of carbonyl (C=O) groups is 1. The van der Waals surface area contributed by atoms with E-state index in [0.717, 1.165) is 5.56 Å². The Hall–Kier alpha value is -2.16. The highest BCUT2D eigenvalue weighted by Crippen LogP contribution is 2.35. The quantitative estimate of drug-likeness (QED) is 0.732. The average Bonchev–Trinajstić information content (AvgIpc) is 2.40. The minimum absolute atomic E-state index is 0.0903. The predicted molar refractivity (Wildman–Crippen MR) is 81.6 cm³/mol. The molecule has 0 heterocycles. The summed E-state index contributed by atoms with van der Waals surface area (Å²) in [5.41, 5.74) is 1.19. The Morgan fingerprint density at radius 1 is 1.05 bits per heavy atom. The van der Waals surface area contributed by atoms with Crippen molar-refractivity contribution in [3.8, 4) is 11.5 Å². The van der Waals surface area contributed by atoms with E-state index in [1.54, 1.807) is 0 Å². The van der Waals surface area contributed by atoms with Gasteiger partial charge < -0.3 is 4.74 Å². The molecule has 0 saturated carbocycles. The minimum atomic E-state index is -0.448. The van der Waals surface area contributed by atoms with Crippen molar-refractivity contribution in [3.63, 3.8) is 0 Å². The van der Waals surface area contributed by atoms with E-state index in [0.29, 0.717) is 11.5 Å². The number of ketones is 1. The standard InChI is InChI=1S/C18H19FO2/c1-12(20)14-11-13(19)9-10-16(14)21-17-8-6-5-7-15(17)18(2,3)4/h5-11H,1-4H3. The second-order valence-electron chi connectivity index (χ2n) is 6.04. The number of rotatable bonds is 3. The lowest BCUT2D eigenvalue weighted by Gasteiger charge is -2.23. The minimum Gasteiger partial charge on any atom is -0.456 e. The van der Waals surface area contributed by atoms with E-state index in [4.69, 9.17) is 4.74 Å². The molecule has 0 amide bonds. The molecule has 0 N–H and O–H groups in total. The molecule has 0 aliphatic carbocycles. The van der Waals surface area contributed by atoms with Crippen LogP contribution in [0.5, 0.6) is 11.5 Å². The van der Waals surface area contributed by atoms with Crippen molar-refractivity contribution in [2.45, 2.75) is 33.1 Å². The van der Waals surface area contributed by atoms with Crippen molar-refractivity contribution in [1.29, 1.82) is 0 Å². The second kappa shape index (κ2) is 5.68. The Morgan fingerprint density at radius 2 is 1.71 bits per heavy atom. The number of benzene rings is 2. The molecule has 2 aromatic rings. The van der Waals surface area contributed by atoms with Crippen molar-refractivity contribution < 1.29 is 13.9 Å². The van der Waals surface area contributed by atoms with Crippen LogP contribution in [0, 0.1) is 5.82 Å². The monoisotopic (exact) mass is 286 g/mol. The highest BCUT2D eigenvalue weighted by molar-refractivity contribution is 5.96. The van der Waals surface area contributed by atoms with Gasteiger partial charge in [0.2, 0.25) is 0 Å². The zero-order valence-corrected chi connectivity index (χ0v) is 12.7. The summed E-state index contributed by atoms with van der Waals surface area (Å²) in [6.45, 7) is 7.67. The molecule has 3 heteroatoms. The maximum absolute atomic E-state index is 13.3. The van der Waals surface area contributed by atoms with Gasteiger partial charge in [0.25, 0.3) is 0 Å². The van der Waals surface area contributed by atoms with Gasteiger partial charge in [0.15, 0.2) is 5.78 Å². The summed E-state index contributed by atoms with van der Waals surface area (Å²) in [5.74, 6) is 0.383. The summed E-state index contributed by atoms with van der Waals surface area (Å²) in [6, 6.07) is 11.7. The molecule has 0 aromatic heterocycles. The SMILES string of the molecule is CC(=O)c1cc(F)ccc1Oc1ccccc1C(C)(C)C. The summed E-state index contributed by atoms with van der Waals surface area (Å²) in [7, 11) is 0. The average molecular weight is 286 g/mol. The largest absolute Gasteiger partial charge is 0.456 e. The molecular formula is C18H19FO2. The summed E-state index contributed by atoms with van der Waals surface area (Å²) >= 11 is 0. The van der Waals surface area contributed by atoms with Crippen LogP contribution >= 0.6 is 0 Å². The van der Waals surface area contributed by atoms with E-state index in [2.05, 4.69) is 20.8 Å². The molecule has 0 radical (unpaired) electrons. The number of halogens is 1. The van der Waals surface area contributed by atoms with Crippen molar-refractivity contribution >= 4 is 5.78 Å². The smallest absolute Gasteiger partial charge is 0.163 e. The van der Waals surface area contributed by atoms with Crippen LogP contribution in [-0.2, 0) is 5.41 Å². The normalized spacial score (nSPS) is 11.3. The first kappa shape index (κ1) is 15.2. The third-order valence-corrected chi connectivity index (χ3v) is 3.24. The van der Waals surface area contributed by atoms with Gasteiger partial charge in [0, 0.05) is 5.56 Å². The molecule has 110 valence electrons. The lowest BCUT2D eigenvalue weighted by Crippen LogP contribution is -2.12. The third kappa shape index (κ3) is 3.48. The van der Waals surface area contributed by atoms with E-state index in [9.17, 15) is 9.18 Å². The van der Waals surface area contributed by atoms with E-state index >= 15 is 0 Å². The van der Waals surface area contributed by atoms with Gasteiger partial charge >= 0.3 is 0 Å². The summed E-state index contributed by atoms with van der Waals surface area (Å²) < 4.78 is 19.2.